The van der Waals surface area contributed by atoms with Crippen LogP contribution in [-0.2, 0) is 15.3 Å². The molecule has 1 aliphatic heterocycles. The number of fused-ring (bicyclic) bond motifs is 3. The second-order valence-corrected chi connectivity index (χ2v) is 10.2. The Morgan fingerprint density at radius 2 is 1.62 bits per heavy atom. The summed E-state index contributed by atoms with van der Waals surface area (Å²) in [6.07, 6.45) is 0. The number of hydrogen-bond acceptors (Lipinski definition) is 7. The summed E-state index contributed by atoms with van der Waals surface area (Å²) < 4.78 is 39.2. The molecule has 7 nitrogen and oxygen atoms in total. The lowest BCUT2D eigenvalue weighted by atomic mass is 9.72. The predicted molar refractivity (Wildman–Crippen MR) is 124 cm³/mol. The Bertz CT molecular complexity index is 1750. The van der Waals surface area contributed by atoms with Gasteiger partial charge in [-0.15, -0.1) is 0 Å². The van der Waals surface area contributed by atoms with Crippen LogP contribution < -0.4 is 16.1 Å². The molecular weight excluding hydrogens is 454 g/mol. The molecule has 1 atom stereocenters. The van der Waals surface area contributed by atoms with Crippen molar-refractivity contribution in [2.24, 2.45) is 5.73 Å². The van der Waals surface area contributed by atoms with Crippen LogP contribution in [0.3, 0.4) is 0 Å². The summed E-state index contributed by atoms with van der Waals surface area (Å²) in [5, 5.41) is 1.30. The van der Waals surface area contributed by atoms with Gasteiger partial charge in [-0.3, -0.25) is 4.79 Å². The second kappa shape index (κ2) is 6.68. The van der Waals surface area contributed by atoms with Gasteiger partial charge < -0.3 is 14.9 Å². The molecular formula is C26H17NO6S. The van der Waals surface area contributed by atoms with E-state index in [0.29, 0.717) is 16.5 Å². The first kappa shape index (κ1) is 20.4. The van der Waals surface area contributed by atoms with Crippen LogP contribution in [0, 0.1) is 6.92 Å². The average Bonchev–Trinajstić information content (AvgIpc) is 3.04. The number of nitrogens with two attached hydrogens (primary N) is 1. The van der Waals surface area contributed by atoms with E-state index < -0.39 is 37.4 Å². The van der Waals surface area contributed by atoms with Gasteiger partial charge in [0.25, 0.3) is 0 Å². The molecule has 0 bridgehead atoms. The molecule has 34 heavy (non-hydrogen) atoms. The van der Waals surface area contributed by atoms with Crippen molar-refractivity contribution < 1.29 is 22.4 Å². The Kier molecular flexibility index (Phi) is 4.01. The number of ether oxygens (including phenoxy) is 1. The molecule has 0 saturated heterocycles. The summed E-state index contributed by atoms with van der Waals surface area (Å²) in [6.45, 7) is 1.56. The molecule has 0 fully saturated rings. The Morgan fingerprint density at radius 1 is 0.912 bits per heavy atom. The van der Waals surface area contributed by atoms with Crippen molar-refractivity contribution in [3.8, 4) is 5.75 Å². The third kappa shape index (κ3) is 2.38. The Balaban J connectivity index is 1.84. The maximum atomic E-state index is 14.3. The molecule has 3 aromatic carbocycles. The molecule has 1 spiro atoms. The fourth-order valence-electron chi connectivity index (χ4n) is 5.16. The third-order valence-corrected chi connectivity index (χ3v) is 8.35. The van der Waals surface area contributed by atoms with Gasteiger partial charge >= 0.3 is 5.63 Å². The van der Waals surface area contributed by atoms with Crippen molar-refractivity contribution in [1.29, 1.82) is 0 Å². The van der Waals surface area contributed by atoms with E-state index in [0.717, 1.165) is 5.39 Å². The molecule has 0 radical (unpaired) electrons. The number of hydrogen-bond donors (Lipinski definition) is 1. The number of carbonyl (C=O) groups excluding carboxylic acids is 1. The Labute approximate surface area is 194 Å². The lowest BCUT2D eigenvalue weighted by Crippen LogP contribution is -2.47. The molecule has 0 amide bonds. The topological polar surface area (TPSA) is 117 Å². The van der Waals surface area contributed by atoms with Crippen LogP contribution in [0.1, 0.15) is 27.2 Å². The van der Waals surface area contributed by atoms with E-state index in [2.05, 4.69) is 0 Å². The van der Waals surface area contributed by atoms with E-state index in [9.17, 15) is 18.0 Å². The summed E-state index contributed by atoms with van der Waals surface area (Å²) in [7, 11) is -4.39. The second-order valence-electron chi connectivity index (χ2n) is 8.28. The summed E-state index contributed by atoms with van der Waals surface area (Å²) >= 11 is 0. The molecule has 6 rings (SSSR count). The quantitative estimate of drug-likeness (QED) is 0.475. The molecule has 8 heteroatoms. The third-order valence-electron chi connectivity index (χ3n) is 6.41. The maximum absolute atomic E-state index is 14.3. The molecule has 2 heterocycles. The van der Waals surface area contributed by atoms with Crippen molar-refractivity contribution in [2.75, 3.05) is 0 Å². The number of sulfone groups is 1. The number of carbonyl (C=O) groups is 1. The highest BCUT2D eigenvalue weighted by atomic mass is 32.2. The van der Waals surface area contributed by atoms with Gasteiger partial charge in [0.15, 0.2) is 5.78 Å². The van der Waals surface area contributed by atoms with E-state index in [1.807, 2.05) is 12.1 Å². The van der Waals surface area contributed by atoms with Gasteiger partial charge in [-0.1, -0.05) is 54.6 Å². The zero-order valence-electron chi connectivity index (χ0n) is 17.9. The van der Waals surface area contributed by atoms with Crippen LogP contribution in [0.2, 0.25) is 0 Å². The molecule has 168 valence electrons. The molecule has 1 aromatic heterocycles. The van der Waals surface area contributed by atoms with Gasteiger partial charge in [0.05, 0.1) is 4.90 Å². The zero-order valence-corrected chi connectivity index (χ0v) is 18.7. The molecule has 2 N–H and O–H groups in total. The number of rotatable bonds is 2. The van der Waals surface area contributed by atoms with E-state index in [-0.39, 0.29) is 22.0 Å². The van der Waals surface area contributed by atoms with Crippen LogP contribution >= 0.6 is 0 Å². The number of allylic oxidation sites excluding steroid dienone is 1. The molecule has 2 aliphatic rings. The van der Waals surface area contributed by atoms with Gasteiger partial charge in [-0.25, -0.2) is 13.2 Å². The highest BCUT2D eigenvalue weighted by Crippen LogP contribution is 2.56. The van der Waals surface area contributed by atoms with Crippen LogP contribution in [0.5, 0.6) is 5.75 Å². The van der Waals surface area contributed by atoms with Crippen molar-refractivity contribution in [1.82, 2.24) is 0 Å². The van der Waals surface area contributed by atoms with Gasteiger partial charge in [-0.2, -0.15) is 0 Å². The first-order valence-corrected chi connectivity index (χ1v) is 12.0. The van der Waals surface area contributed by atoms with E-state index in [4.69, 9.17) is 14.9 Å². The largest absolute Gasteiger partial charge is 0.440 e. The minimum Gasteiger partial charge on any atom is -0.440 e. The first-order chi connectivity index (χ1) is 16.3. The maximum Gasteiger partial charge on any atom is 0.344 e. The summed E-state index contributed by atoms with van der Waals surface area (Å²) in [4.78, 5) is 27.1. The summed E-state index contributed by atoms with van der Waals surface area (Å²) in [5.41, 5.74) is 3.83. The number of aryl methyl sites for hydroxylation is 1. The average molecular weight is 471 g/mol. The highest BCUT2D eigenvalue weighted by Gasteiger charge is 2.61. The monoisotopic (exact) mass is 471 g/mol. The van der Waals surface area contributed by atoms with E-state index in [1.165, 1.54) is 18.2 Å². The van der Waals surface area contributed by atoms with Crippen molar-refractivity contribution in [2.45, 2.75) is 17.2 Å². The predicted octanol–water partition coefficient (Wildman–Crippen LogP) is 3.58. The molecule has 1 unspecified atom stereocenters. The van der Waals surface area contributed by atoms with Crippen LogP contribution in [0.15, 0.2) is 97.7 Å². The Hall–Kier alpha value is -4.17. The normalized spacial score (nSPS) is 18.9. The van der Waals surface area contributed by atoms with Gasteiger partial charge in [0, 0.05) is 11.6 Å². The minimum atomic E-state index is -4.39. The van der Waals surface area contributed by atoms with Crippen LogP contribution in [0.25, 0.3) is 10.8 Å². The first-order valence-electron chi connectivity index (χ1n) is 10.5. The van der Waals surface area contributed by atoms with Crippen molar-refractivity contribution in [3.05, 3.63) is 116 Å². The van der Waals surface area contributed by atoms with Gasteiger partial charge in [0.2, 0.25) is 15.7 Å². The van der Waals surface area contributed by atoms with Crippen molar-refractivity contribution >= 4 is 26.4 Å². The van der Waals surface area contributed by atoms with Crippen LogP contribution in [0.4, 0.5) is 0 Å². The van der Waals surface area contributed by atoms with E-state index in [1.54, 1.807) is 49.4 Å². The summed E-state index contributed by atoms with van der Waals surface area (Å²) in [6, 6.07) is 19.4. The van der Waals surface area contributed by atoms with Crippen LogP contribution in [-0.4, -0.2) is 14.2 Å². The zero-order chi connectivity index (χ0) is 23.8. The van der Waals surface area contributed by atoms with Crippen molar-refractivity contribution in [3.63, 3.8) is 0 Å². The van der Waals surface area contributed by atoms with E-state index >= 15 is 0 Å². The molecule has 1 aliphatic carbocycles. The molecule has 4 aromatic rings. The standard InChI is InChI=1S/C26H17NO6S/c1-14-13-19-21(25(29)32-14)26(18-12-6-8-15-7-5-11-17(20(15)18)22(26)28)23(24(27)33-19)34(30,31)16-9-3-2-4-10-16/h2-13H,27H2,1H3. The summed E-state index contributed by atoms with van der Waals surface area (Å²) in [5.74, 6) is -0.796. The lowest BCUT2D eigenvalue weighted by molar-refractivity contribution is 0.0935. The number of ketones is 1. The molecule has 0 saturated carbocycles. The lowest BCUT2D eigenvalue weighted by Gasteiger charge is -2.36. The fraction of sp³-hybridized carbons (Fsp3) is 0.0769. The highest BCUT2D eigenvalue weighted by molar-refractivity contribution is 7.95. The smallest absolute Gasteiger partial charge is 0.344 e. The Morgan fingerprint density at radius 3 is 2.35 bits per heavy atom. The fourth-order valence-corrected chi connectivity index (χ4v) is 6.92. The SMILES string of the molecule is Cc1cc2c(c(=O)o1)C1(C(=O)c3cccc4cccc1c34)C(S(=O)(=O)c1ccccc1)=C(N)O2. The number of benzene rings is 3. The van der Waals surface area contributed by atoms with Gasteiger partial charge in [-0.05, 0) is 35.4 Å². The minimum absolute atomic E-state index is 0.00331. The van der Waals surface area contributed by atoms with Gasteiger partial charge in [0.1, 0.15) is 27.4 Å². The number of Topliss-reactive ketones (excluding diaryl/α,β-unsaturated/α-hetero) is 1.